The van der Waals surface area contributed by atoms with Crippen LogP contribution in [-0.2, 0) is 16.4 Å². The van der Waals surface area contributed by atoms with Crippen LogP contribution in [0.15, 0.2) is 113 Å². The van der Waals surface area contributed by atoms with Crippen LogP contribution in [0.3, 0.4) is 0 Å². The lowest BCUT2D eigenvalue weighted by atomic mass is 9.82. The summed E-state index contributed by atoms with van der Waals surface area (Å²) in [7, 11) is -2.53. The predicted octanol–water partition coefficient (Wildman–Crippen LogP) is 6.03. The smallest absolute Gasteiger partial charge is 0.271 e. The Bertz CT molecular complexity index is 1810. The monoisotopic (exact) mass is 521 g/mol. The van der Waals surface area contributed by atoms with Crippen molar-refractivity contribution < 1.29 is 13.2 Å². The fraction of sp³-hybridized carbons (Fsp3) is 0.156. The average molecular weight is 522 g/mol. The van der Waals surface area contributed by atoms with Crippen molar-refractivity contribution in [2.24, 2.45) is 0 Å². The highest BCUT2D eigenvalue weighted by molar-refractivity contribution is 7.90. The van der Waals surface area contributed by atoms with Gasteiger partial charge in [-0.25, -0.2) is 8.42 Å². The van der Waals surface area contributed by atoms with Gasteiger partial charge in [0.05, 0.1) is 17.5 Å². The zero-order chi connectivity index (χ0) is 26.4. The van der Waals surface area contributed by atoms with Gasteiger partial charge >= 0.3 is 0 Å². The maximum absolute atomic E-state index is 14.4. The van der Waals surface area contributed by atoms with Crippen LogP contribution in [0.5, 0.6) is 5.75 Å². The maximum atomic E-state index is 14.4. The first-order chi connectivity index (χ1) is 18.4. The highest BCUT2D eigenvalue weighted by Gasteiger charge is 2.40. The molecule has 6 rings (SSSR count). The van der Waals surface area contributed by atoms with Gasteiger partial charge in [-0.1, -0.05) is 78.4 Å². The number of nitrogens with zero attached hydrogens (tertiary/aromatic N) is 1. The summed E-state index contributed by atoms with van der Waals surface area (Å²) in [4.78, 5) is 14.5. The Morgan fingerprint density at radius 1 is 0.789 bits per heavy atom. The molecule has 1 heterocycles. The molecule has 0 saturated carbocycles. The highest BCUT2D eigenvalue weighted by atomic mass is 32.2. The maximum Gasteiger partial charge on any atom is 0.271 e. The second-order valence-corrected chi connectivity index (χ2v) is 11.6. The fourth-order valence-electron chi connectivity index (χ4n) is 5.75. The van der Waals surface area contributed by atoms with E-state index in [-0.39, 0.29) is 16.7 Å². The molecule has 0 aliphatic heterocycles. The minimum atomic E-state index is -4.15. The normalized spacial score (nSPS) is 16.9. The number of pyridine rings is 1. The molecular weight excluding hydrogens is 494 g/mol. The lowest BCUT2D eigenvalue weighted by Gasteiger charge is -2.22. The third-order valence-corrected chi connectivity index (χ3v) is 9.30. The number of aryl methyl sites for hydroxylation is 1. The molecule has 5 nitrogen and oxygen atoms in total. The summed E-state index contributed by atoms with van der Waals surface area (Å²) in [6, 6.07) is 31.8. The zero-order valence-corrected chi connectivity index (χ0v) is 22.0. The number of fused-ring (bicyclic) bond motifs is 3. The van der Waals surface area contributed by atoms with Crippen LogP contribution in [0.1, 0.15) is 39.7 Å². The van der Waals surface area contributed by atoms with Crippen molar-refractivity contribution in [3.05, 3.63) is 141 Å². The van der Waals surface area contributed by atoms with E-state index in [1.54, 1.807) is 43.5 Å². The molecule has 2 atom stereocenters. The minimum absolute atomic E-state index is 0.0198. The van der Waals surface area contributed by atoms with Gasteiger partial charge in [0.15, 0.2) is 0 Å². The lowest BCUT2D eigenvalue weighted by molar-refractivity contribution is 0.414. The van der Waals surface area contributed by atoms with Gasteiger partial charge in [-0.05, 0) is 66.3 Å². The predicted molar refractivity (Wildman–Crippen MR) is 150 cm³/mol. The summed E-state index contributed by atoms with van der Waals surface area (Å²) in [6.45, 7) is 1.90. The average Bonchev–Trinajstić information content (AvgIpc) is 3.35. The van der Waals surface area contributed by atoms with Gasteiger partial charge in [0.2, 0.25) is 0 Å². The molecular formula is C32H27NO4S. The summed E-state index contributed by atoms with van der Waals surface area (Å²) in [6.07, 6.45) is 0.636. The van der Waals surface area contributed by atoms with E-state index in [4.69, 9.17) is 4.74 Å². The van der Waals surface area contributed by atoms with Gasteiger partial charge in [0, 0.05) is 16.9 Å². The number of para-hydroxylation sites is 1. The molecule has 0 unspecified atom stereocenters. The standard InChI is InChI=1S/C32H27NO4S/c1-21-12-18-25(19-13-21)38(35,36)33-29-11-7-6-10-26(29)28-20-27(22-8-4-3-5-9-22)30(31(28)32(33)34)23-14-16-24(37-2)17-15-23/h3-19,27,30H,20H2,1-2H3/t27-,30-/m0/s1. The van der Waals surface area contributed by atoms with Crippen molar-refractivity contribution in [2.75, 3.05) is 7.11 Å². The Morgan fingerprint density at radius 3 is 2.13 bits per heavy atom. The molecule has 6 heteroatoms. The van der Waals surface area contributed by atoms with Crippen molar-refractivity contribution in [1.82, 2.24) is 3.97 Å². The van der Waals surface area contributed by atoms with Gasteiger partial charge < -0.3 is 4.74 Å². The third-order valence-electron chi connectivity index (χ3n) is 7.59. The van der Waals surface area contributed by atoms with Crippen LogP contribution in [0.4, 0.5) is 0 Å². The molecule has 0 amide bonds. The van der Waals surface area contributed by atoms with E-state index in [1.807, 2.05) is 61.5 Å². The first-order valence-corrected chi connectivity index (χ1v) is 14.0. The Morgan fingerprint density at radius 2 is 1.45 bits per heavy atom. The Kier molecular flexibility index (Phi) is 5.92. The molecule has 5 aromatic rings. The summed E-state index contributed by atoms with van der Waals surface area (Å²) in [5.41, 5.74) is 4.37. The number of aromatic nitrogens is 1. The summed E-state index contributed by atoms with van der Waals surface area (Å²) >= 11 is 0. The molecule has 0 bridgehead atoms. The lowest BCUT2D eigenvalue weighted by Crippen LogP contribution is -2.32. The van der Waals surface area contributed by atoms with Crippen molar-refractivity contribution >= 4 is 20.9 Å². The molecule has 190 valence electrons. The second-order valence-electron chi connectivity index (χ2n) is 9.77. The molecule has 1 aliphatic carbocycles. The molecule has 0 fully saturated rings. The van der Waals surface area contributed by atoms with E-state index in [1.165, 1.54) is 0 Å². The van der Waals surface area contributed by atoms with E-state index >= 15 is 0 Å². The molecule has 0 radical (unpaired) electrons. The molecule has 0 N–H and O–H groups in total. The third kappa shape index (κ3) is 3.84. The number of benzene rings is 4. The summed E-state index contributed by atoms with van der Waals surface area (Å²) < 4.78 is 34.4. The van der Waals surface area contributed by atoms with Crippen molar-refractivity contribution in [3.63, 3.8) is 0 Å². The number of hydrogen-bond acceptors (Lipinski definition) is 4. The van der Waals surface area contributed by atoms with Crippen molar-refractivity contribution in [2.45, 2.75) is 30.1 Å². The van der Waals surface area contributed by atoms with E-state index in [9.17, 15) is 13.2 Å². The molecule has 0 spiro atoms. The highest BCUT2D eigenvalue weighted by Crippen LogP contribution is 2.48. The van der Waals surface area contributed by atoms with E-state index in [0.717, 1.165) is 37.4 Å². The Labute approximate surface area is 222 Å². The topological polar surface area (TPSA) is 65.4 Å². The number of rotatable bonds is 5. The van der Waals surface area contributed by atoms with Gasteiger partial charge in [-0.3, -0.25) is 4.79 Å². The van der Waals surface area contributed by atoms with Gasteiger partial charge in [-0.2, -0.15) is 3.97 Å². The van der Waals surface area contributed by atoms with Crippen LogP contribution >= 0.6 is 0 Å². The quantitative estimate of drug-likeness (QED) is 0.283. The minimum Gasteiger partial charge on any atom is -0.497 e. The fourth-order valence-corrected chi connectivity index (χ4v) is 7.18. The van der Waals surface area contributed by atoms with Crippen molar-refractivity contribution in [3.8, 4) is 5.75 Å². The Balaban J connectivity index is 1.67. The number of hydrogen-bond donors (Lipinski definition) is 0. The van der Waals surface area contributed by atoms with Crippen LogP contribution in [0, 0.1) is 6.92 Å². The van der Waals surface area contributed by atoms with Crippen LogP contribution in [-0.4, -0.2) is 19.5 Å². The molecule has 1 aromatic heterocycles. The molecule has 4 aromatic carbocycles. The van der Waals surface area contributed by atoms with Gasteiger partial charge in [0.25, 0.3) is 15.6 Å². The molecule has 38 heavy (non-hydrogen) atoms. The number of methoxy groups -OCH3 is 1. The van der Waals surface area contributed by atoms with E-state index in [2.05, 4.69) is 12.1 Å². The van der Waals surface area contributed by atoms with Gasteiger partial charge in [-0.15, -0.1) is 0 Å². The van der Waals surface area contributed by atoms with Gasteiger partial charge in [0.1, 0.15) is 5.75 Å². The first-order valence-electron chi connectivity index (χ1n) is 12.6. The Hall–Kier alpha value is -4.16. The van der Waals surface area contributed by atoms with Crippen LogP contribution in [0.2, 0.25) is 0 Å². The zero-order valence-electron chi connectivity index (χ0n) is 21.2. The van der Waals surface area contributed by atoms with E-state index in [0.29, 0.717) is 17.5 Å². The van der Waals surface area contributed by atoms with Crippen LogP contribution in [0.25, 0.3) is 10.9 Å². The summed E-state index contributed by atoms with van der Waals surface area (Å²) in [5.74, 6) is 0.393. The second kappa shape index (κ2) is 9.30. The van der Waals surface area contributed by atoms with E-state index < -0.39 is 15.6 Å². The SMILES string of the molecule is COc1ccc([C@@H]2c3c(c4ccccc4n(S(=O)(=O)c4ccc(C)cc4)c3=O)C[C@H]2c2ccccc2)cc1. The van der Waals surface area contributed by atoms with Crippen LogP contribution < -0.4 is 10.3 Å². The molecule has 1 aliphatic rings. The first kappa shape index (κ1) is 24.2. The summed E-state index contributed by atoms with van der Waals surface area (Å²) in [5, 5.41) is 0.787. The van der Waals surface area contributed by atoms with Crippen molar-refractivity contribution in [1.29, 1.82) is 0 Å². The largest absolute Gasteiger partial charge is 0.497 e. The number of ether oxygens (including phenoxy) is 1. The molecule has 0 saturated heterocycles.